The molecule has 110 valence electrons. The fourth-order valence-corrected chi connectivity index (χ4v) is 1.67. The van der Waals surface area contributed by atoms with E-state index in [0.717, 1.165) is 18.2 Å². The molecule has 0 spiro atoms. The molecule has 0 amide bonds. The van der Waals surface area contributed by atoms with Crippen molar-refractivity contribution in [3.8, 4) is 5.75 Å². The summed E-state index contributed by atoms with van der Waals surface area (Å²) in [5.41, 5.74) is 0. The number of aliphatic hydroxyl groups is 1. The molecule has 0 radical (unpaired) electrons. The molecule has 2 N–H and O–H groups in total. The van der Waals surface area contributed by atoms with Crippen molar-refractivity contribution in [3.05, 3.63) is 36.9 Å². The molecule has 0 heterocycles. The zero-order valence-electron chi connectivity index (χ0n) is 10.4. The Hall–Kier alpha value is -1.90. The third-order valence-corrected chi connectivity index (χ3v) is 3.02. The van der Waals surface area contributed by atoms with E-state index in [1.54, 1.807) is 0 Å². The van der Waals surface area contributed by atoms with Crippen molar-refractivity contribution in [1.29, 1.82) is 0 Å². The van der Waals surface area contributed by atoms with Crippen LogP contribution in [0.15, 0.2) is 41.8 Å². The van der Waals surface area contributed by atoms with Crippen LogP contribution in [0.3, 0.4) is 0 Å². The maximum atomic E-state index is 10.8. The smallest absolute Gasteiger partial charge is 0.330 e. The molecule has 20 heavy (non-hydrogen) atoms. The van der Waals surface area contributed by atoms with Crippen LogP contribution >= 0.6 is 0 Å². The predicted molar refractivity (Wildman–Crippen MR) is 68.9 cm³/mol. The number of carbonyl (C=O) groups excluding carboxylic acids is 1. The van der Waals surface area contributed by atoms with Gasteiger partial charge in [-0.2, -0.15) is 8.42 Å². The van der Waals surface area contributed by atoms with Crippen molar-refractivity contribution in [2.75, 3.05) is 13.2 Å². The highest BCUT2D eigenvalue weighted by atomic mass is 32.2. The summed E-state index contributed by atoms with van der Waals surface area (Å²) in [7, 11) is -4.24. The van der Waals surface area contributed by atoms with Gasteiger partial charge in [0, 0.05) is 6.08 Å². The van der Waals surface area contributed by atoms with E-state index in [-0.39, 0.29) is 18.1 Å². The fourth-order valence-electron chi connectivity index (χ4n) is 1.19. The molecule has 1 unspecified atom stereocenters. The van der Waals surface area contributed by atoms with Crippen LogP contribution in [0.4, 0.5) is 0 Å². The van der Waals surface area contributed by atoms with Crippen molar-refractivity contribution in [2.24, 2.45) is 0 Å². The van der Waals surface area contributed by atoms with Gasteiger partial charge in [-0.3, -0.25) is 4.55 Å². The lowest BCUT2D eigenvalue weighted by atomic mass is 10.3. The van der Waals surface area contributed by atoms with E-state index in [2.05, 4.69) is 11.3 Å². The molecule has 0 fully saturated rings. The summed E-state index contributed by atoms with van der Waals surface area (Å²) in [6.07, 6.45) is -0.0538. The molecule has 0 saturated carbocycles. The first-order chi connectivity index (χ1) is 9.32. The first-order valence-electron chi connectivity index (χ1n) is 5.50. The van der Waals surface area contributed by atoms with E-state index in [0.29, 0.717) is 5.75 Å². The molecule has 7 nitrogen and oxygen atoms in total. The van der Waals surface area contributed by atoms with Crippen LogP contribution in [0, 0.1) is 0 Å². The summed E-state index contributed by atoms with van der Waals surface area (Å²) in [5, 5.41) is 9.47. The first kappa shape index (κ1) is 16.2. The minimum Gasteiger partial charge on any atom is -0.491 e. The molecule has 0 aliphatic rings. The lowest BCUT2D eigenvalue weighted by Crippen LogP contribution is -2.24. The van der Waals surface area contributed by atoms with E-state index in [9.17, 15) is 18.3 Å². The molecule has 0 bridgehead atoms. The highest BCUT2D eigenvalue weighted by Gasteiger charge is 2.10. The van der Waals surface area contributed by atoms with Crippen LogP contribution in [0.5, 0.6) is 5.75 Å². The number of rotatable bonds is 7. The number of aliphatic hydroxyl groups excluding tert-OH is 1. The molecule has 0 aromatic heterocycles. The maximum absolute atomic E-state index is 10.8. The van der Waals surface area contributed by atoms with E-state index < -0.39 is 22.2 Å². The van der Waals surface area contributed by atoms with Gasteiger partial charge in [0.15, 0.2) is 0 Å². The van der Waals surface area contributed by atoms with Crippen molar-refractivity contribution < 1.29 is 32.3 Å². The standard InChI is InChI=1S/C12H14O7S/c1-2-12(14)19-8-9(13)7-18-10-3-5-11(6-4-10)20(15,16)17/h2-6,9,13H,1,7-8H2,(H,15,16,17). The van der Waals surface area contributed by atoms with Gasteiger partial charge in [-0.25, -0.2) is 4.79 Å². The third-order valence-electron chi connectivity index (χ3n) is 2.15. The minimum atomic E-state index is -4.24. The summed E-state index contributed by atoms with van der Waals surface area (Å²) in [6.45, 7) is 2.82. The summed E-state index contributed by atoms with van der Waals surface area (Å²) < 4.78 is 40.2. The number of benzene rings is 1. The van der Waals surface area contributed by atoms with Crippen LogP contribution in [0.1, 0.15) is 0 Å². The molecule has 1 aromatic carbocycles. The highest BCUT2D eigenvalue weighted by Crippen LogP contribution is 2.15. The average molecular weight is 302 g/mol. The quantitative estimate of drug-likeness (QED) is 0.426. The van der Waals surface area contributed by atoms with Crippen molar-refractivity contribution in [1.82, 2.24) is 0 Å². The van der Waals surface area contributed by atoms with E-state index >= 15 is 0 Å². The number of hydrogen-bond acceptors (Lipinski definition) is 6. The van der Waals surface area contributed by atoms with Gasteiger partial charge in [-0.15, -0.1) is 0 Å². The van der Waals surface area contributed by atoms with Crippen LogP contribution in [0.25, 0.3) is 0 Å². The first-order valence-corrected chi connectivity index (χ1v) is 6.94. The molecule has 1 atom stereocenters. The number of esters is 1. The lowest BCUT2D eigenvalue weighted by molar-refractivity contribution is -0.141. The summed E-state index contributed by atoms with van der Waals surface area (Å²) >= 11 is 0. The van der Waals surface area contributed by atoms with Gasteiger partial charge in [-0.1, -0.05) is 6.58 Å². The number of ether oxygens (including phenoxy) is 2. The Balaban J connectivity index is 2.46. The SMILES string of the molecule is C=CC(=O)OCC(O)COc1ccc(S(=O)(=O)O)cc1. The van der Waals surface area contributed by atoms with E-state index in [1.807, 2.05) is 0 Å². The molecular weight excluding hydrogens is 288 g/mol. The largest absolute Gasteiger partial charge is 0.491 e. The Kier molecular flexibility index (Phi) is 5.68. The van der Waals surface area contributed by atoms with Crippen LogP contribution < -0.4 is 4.74 Å². The Morgan fingerprint density at radius 2 is 1.90 bits per heavy atom. The molecule has 0 aliphatic heterocycles. The third kappa shape index (κ3) is 5.39. The maximum Gasteiger partial charge on any atom is 0.330 e. The van der Waals surface area contributed by atoms with Crippen molar-refractivity contribution in [3.63, 3.8) is 0 Å². The summed E-state index contributed by atoms with van der Waals surface area (Å²) in [5.74, 6) is -0.354. The number of hydrogen-bond donors (Lipinski definition) is 2. The second kappa shape index (κ2) is 7.04. The zero-order chi connectivity index (χ0) is 15.2. The second-order valence-electron chi connectivity index (χ2n) is 3.75. The summed E-state index contributed by atoms with van der Waals surface area (Å²) in [6, 6.07) is 4.97. The molecule has 0 aliphatic carbocycles. The van der Waals surface area contributed by atoms with Gasteiger partial charge in [0.1, 0.15) is 25.1 Å². The Labute approximate surface area is 116 Å². The Bertz CT molecular complexity index is 562. The van der Waals surface area contributed by atoms with Crippen LogP contribution in [-0.4, -0.2) is 43.4 Å². The molecule has 1 aromatic rings. The van der Waals surface area contributed by atoms with Gasteiger partial charge in [0.05, 0.1) is 4.90 Å². The molecule has 0 saturated heterocycles. The fraction of sp³-hybridized carbons (Fsp3) is 0.250. The summed E-state index contributed by atoms with van der Waals surface area (Å²) in [4.78, 5) is 10.5. The van der Waals surface area contributed by atoms with Gasteiger partial charge in [0.2, 0.25) is 0 Å². The Morgan fingerprint density at radius 1 is 1.30 bits per heavy atom. The van der Waals surface area contributed by atoms with Gasteiger partial charge >= 0.3 is 5.97 Å². The van der Waals surface area contributed by atoms with Crippen LogP contribution in [-0.2, 0) is 19.6 Å². The van der Waals surface area contributed by atoms with Gasteiger partial charge in [-0.05, 0) is 24.3 Å². The monoisotopic (exact) mass is 302 g/mol. The second-order valence-corrected chi connectivity index (χ2v) is 5.17. The van der Waals surface area contributed by atoms with Gasteiger partial charge < -0.3 is 14.6 Å². The van der Waals surface area contributed by atoms with Crippen molar-refractivity contribution in [2.45, 2.75) is 11.0 Å². The molecular formula is C12H14O7S. The highest BCUT2D eigenvalue weighted by molar-refractivity contribution is 7.85. The Morgan fingerprint density at radius 3 is 2.40 bits per heavy atom. The van der Waals surface area contributed by atoms with Crippen LogP contribution in [0.2, 0.25) is 0 Å². The van der Waals surface area contributed by atoms with Crippen molar-refractivity contribution >= 4 is 16.1 Å². The minimum absolute atomic E-state index is 0.143. The van der Waals surface area contributed by atoms with E-state index in [4.69, 9.17) is 9.29 Å². The topological polar surface area (TPSA) is 110 Å². The van der Waals surface area contributed by atoms with Gasteiger partial charge in [0.25, 0.3) is 10.1 Å². The lowest BCUT2D eigenvalue weighted by Gasteiger charge is -2.12. The molecule has 8 heteroatoms. The predicted octanol–water partition coefficient (Wildman–Crippen LogP) is 0.402. The van der Waals surface area contributed by atoms with E-state index in [1.165, 1.54) is 12.1 Å². The molecule has 1 rings (SSSR count). The normalized spacial score (nSPS) is 12.5. The zero-order valence-corrected chi connectivity index (χ0v) is 11.2. The number of carbonyl (C=O) groups is 1. The average Bonchev–Trinajstić information content (AvgIpc) is 2.41.